The number of para-hydroxylation sites is 1. The maximum absolute atomic E-state index is 12.3. The number of nitrogens with zero attached hydrogens (tertiary/aromatic N) is 2. The average molecular weight is 413 g/mol. The highest BCUT2D eigenvalue weighted by Crippen LogP contribution is 2.34. The standard InChI is InChI=1S/C20H19N3O5S/c1-13-9-16-10-14(7-8-18(16)23(13)29(2,26)27)20(25)28-12-19(24)22-17-6-4-3-5-15(17)11-21/h3-8,10,13H,9,12H2,1-2H3,(H,22,24)/t13-/m1/s1. The molecule has 1 heterocycles. The van der Waals surface area contributed by atoms with E-state index in [2.05, 4.69) is 5.32 Å². The quantitative estimate of drug-likeness (QED) is 0.750. The van der Waals surface area contributed by atoms with Crippen molar-refractivity contribution >= 4 is 33.3 Å². The first-order valence-electron chi connectivity index (χ1n) is 8.79. The molecule has 2 aromatic rings. The van der Waals surface area contributed by atoms with Crippen LogP contribution in [-0.2, 0) is 26.0 Å². The molecule has 1 aliphatic rings. The molecule has 1 atom stereocenters. The van der Waals surface area contributed by atoms with Gasteiger partial charge >= 0.3 is 5.97 Å². The predicted molar refractivity (Wildman–Crippen MR) is 107 cm³/mol. The number of sulfonamides is 1. The maximum atomic E-state index is 12.3. The first kappa shape index (κ1) is 20.4. The SMILES string of the molecule is C[C@@H]1Cc2cc(C(=O)OCC(=O)Nc3ccccc3C#N)ccc2N1S(C)(=O)=O. The number of hydrogen-bond donors (Lipinski definition) is 1. The lowest BCUT2D eigenvalue weighted by Gasteiger charge is -2.21. The van der Waals surface area contributed by atoms with Crippen LogP contribution in [0.3, 0.4) is 0 Å². The second-order valence-electron chi connectivity index (χ2n) is 6.74. The van der Waals surface area contributed by atoms with Crippen molar-refractivity contribution in [1.29, 1.82) is 5.26 Å². The van der Waals surface area contributed by atoms with E-state index < -0.39 is 28.5 Å². The first-order chi connectivity index (χ1) is 13.7. The highest BCUT2D eigenvalue weighted by molar-refractivity contribution is 7.92. The van der Waals surface area contributed by atoms with Crippen molar-refractivity contribution in [3.63, 3.8) is 0 Å². The minimum Gasteiger partial charge on any atom is -0.452 e. The van der Waals surface area contributed by atoms with Gasteiger partial charge in [0.15, 0.2) is 6.61 Å². The Morgan fingerprint density at radius 2 is 2.00 bits per heavy atom. The fraction of sp³-hybridized carbons (Fsp3) is 0.250. The molecule has 0 radical (unpaired) electrons. The predicted octanol–water partition coefficient (Wildman–Crippen LogP) is 2.06. The van der Waals surface area contributed by atoms with Crippen LogP contribution < -0.4 is 9.62 Å². The van der Waals surface area contributed by atoms with Crippen molar-refractivity contribution in [2.24, 2.45) is 0 Å². The summed E-state index contributed by atoms with van der Waals surface area (Å²) in [4.78, 5) is 24.3. The molecule has 9 heteroatoms. The topological polar surface area (TPSA) is 117 Å². The van der Waals surface area contributed by atoms with E-state index in [1.165, 1.54) is 10.4 Å². The number of fused-ring (bicyclic) bond motifs is 1. The zero-order valence-corrected chi connectivity index (χ0v) is 16.7. The van der Waals surface area contributed by atoms with Crippen LogP contribution in [0.15, 0.2) is 42.5 Å². The Morgan fingerprint density at radius 1 is 1.28 bits per heavy atom. The van der Waals surface area contributed by atoms with Gasteiger partial charge in [-0.25, -0.2) is 13.2 Å². The molecule has 0 fully saturated rings. The number of ether oxygens (including phenoxy) is 1. The van der Waals surface area contributed by atoms with E-state index >= 15 is 0 Å². The van der Waals surface area contributed by atoms with Gasteiger partial charge in [-0.05, 0) is 49.2 Å². The molecule has 0 aliphatic carbocycles. The number of hydrogen-bond acceptors (Lipinski definition) is 6. The van der Waals surface area contributed by atoms with Gasteiger partial charge < -0.3 is 10.1 Å². The molecule has 150 valence electrons. The number of nitriles is 1. The van der Waals surface area contributed by atoms with E-state index in [4.69, 9.17) is 10.00 Å². The van der Waals surface area contributed by atoms with Crippen molar-refractivity contribution in [3.05, 3.63) is 59.2 Å². The Kier molecular flexibility index (Phi) is 5.57. The molecule has 3 rings (SSSR count). The molecule has 0 saturated carbocycles. The van der Waals surface area contributed by atoms with Gasteiger partial charge in [0.2, 0.25) is 10.0 Å². The summed E-state index contributed by atoms with van der Waals surface area (Å²) in [7, 11) is -3.41. The monoisotopic (exact) mass is 413 g/mol. The minimum atomic E-state index is -3.41. The Morgan fingerprint density at radius 3 is 2.69 bits per heavy atom. The zero-order chi connectivity index (χ0) is 21.2. The van der Waals surface area contributed by atoms with Crippen LogP contribution in [-0.4, -0.2) is 39.2 Å². The number of amides is 1. The lowest BCUT2D eigenvalue weighted by atomic mass is 10.1. The first-order valence-corrected chi connectivity index (χ1v) is 10.6. The molecular weight excluding hydrogens is 394 g/mol. The maximum Gasteiger partial charge on any atom is 0.338 e. The number of esters is 1. The van der Waals surface area contributed by atoms with Crippen LogP contribution in [0.5, 0.6) is 0 Å². The molecule has 1 aliphatic heterocycles. The smallest absolute Gasteiger partial charge is 0.338 e. The summed E-state index contributed by atoms with van der Waals surface area (Å²) < 4.78 is 30.3. The van der Waals surface area contributed by atoms with Crippen molar-refractivity contribution < 1.29 is 22.7 Å². The third-order valence-corrected chi connectivity index (χ3v) is 5.75. The summed E-state index contributed by atoms with van der Waals surface area (Å²) in [5, 5.41) is 11.6. The summed E-state index contributed by atoms with van der Waals surface area (Å²) in [5.41, 5.74) is 2.14. The van der Waals surface area contributed by atoms with Gasteiger partial charge in [-0.3, -0.25) is 9.10 Å². The third-order valence-electron chi connectivity index (χ3n) is 4.48. The van der Waals surface area contributed by atoms with E-state index in [9.17, 15) is 18.0 Å². The summed E-state index contributed by atoms with van der Waals surface area (Å²) >= 11 is 0. The van der Waals surface area contributed by atoms with Crippen LogP contribution in [0.2, 0.25) is 0 Å². The average Bonchev–Trinajstić information content (AvgIpc) is 3.01. The van der Waals surface area contributed by atoms with Crippen molar-refractivity contribution in [1.82, 2.24) is 0 Å². The minimum absolute atomic E-state index is 0.233. The summed E-state index contributed by atoms with van der Waals surface area (Å²) in [6.07, 6.45) is 1.62. The molecule has 0 spiro atoms. The molecule has 2 aromatic carbocycles. The van der Waals surface area contributed by atoms with Crippen LogP contribution in [0.25, 0.3) is 0 Å². The van der Waals surface area contributed by atoms with E-state index in [-0.39, 0.29) is 11.6 Å². The number of benzene rings is 2. The van der Waals surface area contributed by atoms with Gasteiger partial charge in [0.1, 0.15) is 6.07 Å². The summed E-state index contributed by atoms with van der Waals surface area (Å²) in [6, 6.07) is 12.8. The van der Waals surface area contributed by atoms with Crippen LogP contribution in [0.4, 0.5) is 11.4 Å². The van der Waals surface area contributed by atoms with Gasteiger partial charge in [0, 0.05) is 6.04 Å². The number of rotatable bonds is 5. The summed E-state index contributed by atoms with van der Waals surface area (Å²) in [6.45, 7) is 1.28. The van der Waals surface area contributed by atoms with Gasteiger partial charge in [-0.2, -0.15) is 5.26 Å². The molecule has 1 amide bonds. The van der Waals surface area contributed by atoms with E-state index in [1.54, 1.807) is 43.3 Å². The summed E-state index contributed by atoms with van der Waals surface area (Å²) in [5.74, 6) is -1.26. The number of carbonyl (C=O) groups excluding carboxylic acids is 2. The molecule has 0 aromatic heterocycles. The van der Waals surface area contributed by atoms with Gasteiger partial charge in [-0.15, -0.1) is 0 Å². The molecule has 0 bridgehead atoms. The van der Waals surface area contributed by atoms with Gasteiger partial charge in [-0.1, -0.05) is 12.1 Å². The largest absolute Gasteiger partial charge is 0.452 e. The fourth-order valence-electron chi connectivity index (χ4n) is 3.33. The molecule has 1 N–H and O–H groups in total. The highest BCUT2D eigenvalue weighted by atomic mass is 32.2. The van der Waals surface area contributed by atoms with Crippen LogP contribution in [0, 0.1) is 11.3 Å². The van der Waals surface area contributed by atoms with Crippen LogP contribution in [0.1, 0.15) is 28.4 Å². The number of anilines is 2. The molecule has 29 heavy (non-hydrogen) atoms. The molecule has 8 nitrogen and oxygen atoms in total. The second-order valence-corrected chi connectivity index (χ2v) is 8.60. The third kappa shape index (κ3) is 4.38. The Balaban J connectivity index is 1.66. The molecular formula is C20H19N3O5S. The van der Waals surface area contributed by atoms with Gasteiger partial charge in [0.25, 0.3) is 5.91 Å². The van der Waals surface area contributed by atoms with E-state index in [0.29, 0.717) is 23.4 Å². The molecule has 0 saturated heterocycles. The Hall–Kier alpha value is -3.38. The normalized spacial score (nSPS) is 15.3. The van der Waals surface area contributed by atoms with E-state index in [1.807, 2.05) is 6.07 Å². The second kappa shape index (κ2) is 7.93. The van der Waals surface area contributed by atoms with Crippen LogP contribution >= 0.6 is 0 Å². The highest BCUT2D eigenvalue weighted by Gasteiger charge is 2.32. The fourth-order valence-corrected chi connectivity index (χ4v) is 4.59. The number of nitrogens with one attached hydrogen (secondary N) is 1. The lowest BCUT2D eigenvalue weighted by Crippen LogP contribution is -2.34. The Bertz CT molecular complexity index is 1120. The van der Waals surface area contributed by atoms with Gasteiger partial charge in [0.05, 0.1) is 28.8 Å². The van der Waals surface area contributed by atoms with Crippen molar-refractivity contribution in [2.45, 2.75) is 19.4 Å². The Labute approximate surface area is 168 Å². The van der Waals surface area contributed by atoms with Crippen molar-refractivity contribution in [2.75, 3.05) is 22.5 Å². The zero-order valence-electron chi connectivity index (χ0n) is 15.9. The number of carbonyl (C=O) groups is 2. The van der Waals surface area contributed by atoms with E-state index in [0.717, 1.165) is 11.8 Å². The lowest BCUT2D eigenvalue weighted by molar-refractivity contribution is -0.119. The molecule has 0 unspecified atom stereocenters. The van der Waals surface area contributed by atoms with Crippen molar-refractivity contribution in [3.8, 4) is 6.07 Å².